The normalized spacial score (nSPS) is 20.6. The zero-order valence-corrected chi connectivity index (χ0v) is 9.95. The van der Waals surface area contributed by atoms with E-state index in [9.17, 15) is 13.2 Å². The Balaban J connectivity index is 2.47. The quantitative estimate of drug-likeness (QED) is 0.691. The van der Waals surface area contributed by atoms with E-state index in [2.05, 4.69) is 0 Å². The van der Waals surface area contributed by atoms with E-state index >= 15 is 0 Å². The number of nitrogens with zero attached hydrogens (tertiary/aromatic N) is 1. The third-order valence-electron chi connectivity index (χ3n) is 2.71. The number of nitrogens with two attached hydrogens (primary N) is 1. The van der Waals surface area contributed by atoms with Gasteiger partial charge in [-0.25, -0.2) is 12.7 Å². The molecule has 0 saturated carbocycles. The standard InChI is InChI=1S/C9H18N2O4S/c10-8(9(12)13)4-7-16(14,15)11-5-2-1-3-6-11/h8H,1-7,10H2,(H,12,13). The minimum absolute atomic E-state index is 0.0336. The van der Waals surface area contributed by atoms with Crippen molar-refractivity contribution >= 4 is 16.0 Å². The van der Waals surface area contributed by atoms with E-state index in [-0.39, 0.29) is 12.2 Å². The molecule has 1 atom stereocenters. The second-order valence-corrected chi connectivity index (χ2v) is 6.10. The molecule has 1 aliphatic heterocycles. The van der Waals surface area contributed by atoms with Crippen LogP contribution < -0.4 is 5.73 Å². The van der Waals surface area contributed by atoms with Gasteiger partial charge in [-0.2, -0.15) is 0 Å². The number of rotatable bonds is 5. The number of hydrogen-bond acceptors (Lipinski definition) is 4. The first-order chi connectivity index (χ1) is 7.43. The fourth-order valence-corrected chi connectivity index (χ4v) is 3.30. The number of carboxylic acids is 1. The van der Waals surface area contributed by atoms with Crippen LogP contribution in [-0.2, 0) is 14.8 Å². The highest BCUT2D eigenvalue weighted by atomic mass is 32.2. The van der Waals surface area contributed by atoms with Gasteiger partial charge in [0.1, 0.15) is 6.04 Å². The molecular formula is C9H18N2O4S. The summed E-state index contributed by atoms with van der Waals surface area (Å²) in [7, 11) is -3.32. The number of aliphatic carboxylic acids is 1. The maximum atomic E-state index is 11.8. The fraction of sp³-hybridized carbons (Fsp3) is 0.889. The summed E-state index contributed by atoms with van der Waals surface area (Å²) < 4.78 is 25.0. The molecule has 0 aliphatic carbocycles. The molecule has 1 fully saturated rings. The number of carbonyl (C=O) groups is 1. The van der Waals surface area contributed by atoms with Crippen molar-refractivity contribution in [3.63, 3.8) is 0 Å². The Kier molecular flexibility index (Phi) is 4.69. The Labute approximate surface area is 95.5 Å². The first-order valence-corrected chi connectivity index (χ1v) is 7.00. The van der Waals surface area contributed by atoms with Crippen LogP contribution in [0.5, 0.6) is 0 Å². The summed E-state index contributed by atoms with van der Waals surface area (Å²) in [5.41, 5.74) is 5.27. The van der Waals surface area contributed by atoms with E-state index in [1.54, 1.807) is 0 Å². The highest BCUT2D eigenvalue weighted by Gasteiger charge is 2.25. The van der Waals surface area contributed by atoms with Gasteiger partial charge in [-0.15, -0.1) is 0 Å². The third kappa shape index (κ3) is 3.73. The summed E-state index contributed by atoms with van der Waals surface area (Å²) in [5, 5.41) is 8.56. The first kappa shape index (κ1) is 13.4. The van der Waals surface area contributed by atoms with Crippen LogP contribution in [0.4, 0.5) is 0 Å². The lowest BCUT2D eigenvalue weighted by Gasteiger charge is -2.26. The van der Waals surface area contributed by atoms with Gasteiger partial charge >= 0.3 is 5.97 Å². The zero-order chi connectivity index (χ0) is 12.2. The summed E-state index contributed by atoms with van der Waals surface area (Å²) in [4.78, 5) is 10.5. The van der Waals surface area contributed by atoms with Crippen LogP contribution in [0.15, 0.2) is 0 Å². The highest BCUT2D eigenvalue weighted by Crippen LogP contribution is 2.14. The number of hydrogen-bond donors (Lipinski definition) is 2. The van der Waals surface area contributed by atoms with Crippen molar-refractivity contribution in [2.24, 2.45) is 5.73 Å². The van der Waals surface area contributed by atoms with Gasteiger partial charge in [-0.05, 0) is 19.3 Å². The molecule has 0 radical (unpaired) electrons. The van der Waals surface area contributed by atoms with Crippen molar-refractivity contribution in [2.75, 3.05) is 18.8 Å². The summed E-state index contributed by atoms with van der Waals surface area (Å²) in [6, 6.07) is -1.10. The molecule has 0 spiro atoms. The minimum atomic E-state index is -3.32. The average molecular weight is 250 g/mol. The predicted octanol–water partition coefficient (Wildman–Crippen LogP) is -0.396. The van der Waals surface area contributed by atoms with E-state index in [0.29, 0.717) is 13.1 Å². The maximum Gasteiger partial charge on any atom is 0.320 e. The molecule has 6 nitrogen and oxygen atoms in total. The van der Waals surface area contributed by atoms with Crippen molar-refractivity contribution < 1.29 is 18.3 Å². The molecule has 7 heteroatoms. The van der Waals surface area contributed by atoms with E-state index in [4.69, 9.17) is 10.8 Å². The number of sulfonamides is 1. The van der Waals surface area contributed by atoms with Crippen molar-refractivity contribution in [3.8, 4) is 0 Å². The summed E-state index contributed by atoms with van der Waals surface area (Å²) >= 11 is 0. The van der Waals surface area contributed by atoms with Gasteiger partial charge in [-0.1, -0.05) is 6.42 Å². The molecule has 3 N–H and O–H groups in total. The van der Waals surface area contributed by atoms with E-state index in [1.807, 2.05) is 0 Å². The Morgan fingerprint density at radius 1 is 1.31 bits per heavy atom. The maximum absolute atomic E-state index is 11.8. The second kappa shape index (κ2) is 5.60. The Bertz CT molecular complexity index is 335. The topological polar surface area (TPSA) is 101 Å². The molecule has 0 aromatic heterocycles. The molecule has 0 aromatic carbocycles. The van der Waals surface area contributed by atoms with Crippen molar-refractivity contribution in [1.82, 2.24) is 4.31 Å². The fourth-order valence-electron chi connectivity index (χ4n) is 1.67. The van der Waals surface area contributed by atoms with E-state index in [0.717, 1.165) is 19.3 Å². The van der Waals surface area contributed by atoms with E-state index < -0.39 is 22.0 Å². The molecule has 0 aromatic rings. The summed E-state index contributed by atoms with van der Waals surface area (Å²) in [5.74, 6) is -1.34. The number of piperidine rings is 1. The summed E-state index contributed by atoms with van der Waals surface area (Å²) in [6.45, 7) is 1.09. The molecule has 0 amide bonds. The van der Waals surface area contributed by atoms with E-state index in [1.165, 1.54) is 4.31 Å². The van der Waals surface area contributed by atoms with Gasteiger partial charge in [0.05, 0.1) is 5.75 Å². The van der Waals surface area contributed by atoms with Gasteiger partial charge in [0, 0.05) is 13.1 Å². The summed E-state index contributed by atoms with van der Waals surface area (Å²) in [6.07, 6.45) is 2.78. The Morgan fingerprint density at radius 3 is 2.38 bits per heavy atom. The molecule has 1 rings (SSSR count). The van der Waals surface area contributed by atoms with Gasteiger partial charge < -0.3 is 10.8 Å². The lowest BCUT2D eigenvalue weighted by molar-refractivity contribution is -0.138. The van der Waals surface area contributed by atoms with Crippen LogP contribution in [0.3, 0.4) is 0 Å². The average Bonchev–Trinajstić information content (AvgIpc) is 2.27. The van der Waals surface area contributed by atoms with Gasteiger partial charge in [0.15, 0.2) is 0 Å². The predicted molar refractivity (Wildman–Crippen MR) is 59.4 cm³/mol. The van der Waals surface area contributed by atoms with Crippen LogP contribution in [0.2, 0.25) is 0 Å². The Morgan fingerprint density at radius 2 is 1.88 bits per heavy atom. The highest BCUT2D eigenvalue weighted by molar-refractivity contribution is 7.89. The lowest BCUT2D eigenvalue weighted by Crippen LogP contribution is -2.40. The minimum Gasteiger partial charge on any atom is -0.480 e. The Hall–Kier alpha value is -0.660. The largest absolute Gasteiger partial charge is 0.480 e. The van der Waals surface area contributed by atoms with Gasteiger partial charge in [-0.3, -0.25) is 4.79 Å². The molecule has 0 bridgehead atoms. The van der Waals surface area contributed by atoms with Crippen molar-refractivity contribution in [3.05, 3.63) is 0 Å². The molecule has 16 heavy (non-hydrogen) atoms. The van der Waals surface area contributed by atoms with Crippen molar-refractivity contribution in [2.45, 2.75) is 31.7 Å². The van der Waals surface area contributed by atoms with Crippen LogP contribution in [0, 0.1) is 0 Å². The molecule has 1 saturated heterocycles. The number of carboxylic acid groups (broad SMARTS) is 1. The van der Waals surface area contributed by atoms with Crippen LogP contribution in [-0.4, -0.2) is 48.7 Å². The lowest BCUT2D eigenvalue weighted by atomic mass is 10.2. The molecule has 1 unspecified atom stereocenters. The molecular weight excluding hydrogens is 232 g/mol. The third-order valence-corrected chi connectivity index (χ3v) is 4.62. The first-order valence-electron chi connectivity index (χ1n) is 5.40. The van der Waals surface area contributed by atoms with Crippen LogP contribution in [0.1, 0.15) is 25.7 Å². The smallest absolute Gasteiger partial charge is 0.320 e. The van der Waals surface area contributed by atoms with Crippen molar-refractivity contribution in [1.29, 1.82) is 0 Å². The van der Waals surface area contributed by atoms with Crippen LogP contribution in [0.25, 0.3) is 0 Å². The molecule has 1 aliphatic rings. The molecule has 94 valence electrons. The zero-order valence-electron chi connectivity index (χ0n) is 9.13. The van der Waals surface area contributed by atoms with Crippen LogP contribution >= 0.6 is 0 Å². The monoisotopic (exact) mass is 250 g/mol. The van der Waals surface area contributed by atoms with Gasteiger partial charge in [0.2, 0.25) is 10.0 Å². The SMILES string of the molecule is NC(CCS(=O)(=O)N1CCCCC1)C(=O)O. The second-order valence-electron chi connectivity index (χ2n) is 4.01. The molecule has 1 heterocycles. The van der Waals surface area contributed by atoms with Gasteiger partial charge in [0.25, 0.3) is 0 Å².